The molecule has 0 spiro atoms. The number of guanidine groups is 1. The zero-order chi connectivity index (χ0) is 25.4. The van der Waals surface area contributed by atoms with Crippen molar-refractivity contribution in [3.8, 4) is 0 Å². The molecule has 0 radical (unpaired) electrons. The van der Waals surface area contributed by atoms with Crippen LogP contribution in [0, 0.1) is 12.3 Å². The Hall–Kier alpha value is -2.58. The number of rotatable bonds is 2. The molecule has 0 saturated heterocycles. The first-order chi connectivity index (χ1) is 15.1. The number of benzene rings is 1. The van der Waals surface area contributed by atoms with Crippen LogP contribution in [0.5, 0.6) is 0 Å². The third kappa shape index (κ3) is 11.7. The fourth-order valence-corrected chi connectivity index (χ4v) is 3.35. The molecule has 1 aliphatic carbocycles. The van der Waals surface area contributed by atoms with Crippen molar-refractivity contribution in [2.75, 3.05) is 12.5 Å². The Kier molecular flexibility index (Phi) is 10.4. The molecule has 0 bridgehead atoms. The van der Waals surface area contributed by atoms with E-state index in [4.69, 9.17) is 31.8 Å². The minimum Gasteiger partial charge on any atom is -0.369 e. The number of aromatic nitrogens is 1. The molecule has 14 heteroatoms. The van der Waals surface area contributed by atoms with Crippen LogP contribution in [0.2, 0.25) is 5.02 Å². The Bertz CT molecular complexity index is 1190. The Morgan fingerprint density at radius 2 is 1.70 bits per heavy atom. The lowest BCUT2D eigenvalue weighted by molar-refractivity contribution is 0.488. The molecule has 1 aliphatic rings. The van der Waals surface area contributed by atoms with E-state index in [1.54, 1.807) is 0 Å². The summed E-state index contributed by atoms with van der Waals surface area (Å²) < 4.78 is 51.7. The summed E-state index contributed by atoms with van der Waals surface area (Å²) in [5, 5.41) is 12.4. The fourth-order valence-electron chi connectivity index (χ4n) is 3.06. The molecule has 0 fully saturated rings. The summed E-state index contributed by atoms with van der Waals surface area (Å²) in [5.41, 5.74) is 13.1. The van der Waals surface area contributed by atoms with Gasteiger partial charge >= 0.3 is 0 Å². The van der Waals surface area contributed by atoms with E-state index in [-0.39, 0.29) is 11.9 Å². The van der Waals surface area contributed by atoms with Gasteiger partial charge in [0.25, 0.3) is 20.2 Å². The topological polar surface area (TPSA) is 196 Å². The molecule has 182 valence electrons. The molecule has 3 rings (SSSR count). The number of nitrogens with two attached hydrogens (primary N) is 1. The molecule has 1 heterocycles. The maximum absolute atomic E-state index is 9.19. The van der Waals surface area contributed by atoms with Crippen molar-refractivity contribution in [2.24, 2.45) is 10.8 Å². The Labute approximate surface area is 198 Å². The standard InChI is InChI=1S/C17H18ClN5.2CH4O3S/c1-10-6-7-21-14-8-11(12-4-2-3-5-13(12)18)9-15(16(10)14)22-23-17(19)20;2*1-5(2,3)4/h2-7,11H,8-9H2,1H3,(H4,19,20,23);2*1H3,(H,2,3,4)/b22-15-;;/t11-;;/m0../s1. The van der Waals surface area contributed by atoms with Gasteiger partial charge in [-0.15, -0.1) is 0 Å². The molecule has 11 nitrogen and oxygen atoms in total. The smallest absolute Gasteiger partial charge is 0.261 e. The molecule has 1 aromatic carbocycles. The third-order valence-corrected chi connectivity index (χ3v) is 4.41. The molecular formula is C19H26ClN5O6S2. The van der Waals surface area contributed by atoms with Crippen LogP contribution in [0.3, 0.4) is 0 Å². The van der Waals surface area contributed by atoms with Gasteiger partial charge in [0.1, 0.15) is 0 Å². The number of halogens is 1. The van der Waals surface area contributed by atoms with Gasteiger partial charge in [-0.2, -0.15) is 21.9 Å². The highest BCUT2D eigenvalue weighted by Gasteiger charge is 2.28. The normalized spacial score (nSPS) is 16.4. The van der Waals surface area contributed by atoms with Gasteiger partial charge in [0.2, 0.25) is 5.96 Å². The predicted molar refractivity (Wildman–Crippen MR) is 128 cm³/mol. The van der Waals surface area contributed by atoms with Crippen LogP contribution in [0.4, 0.5) is 0 Å². The van der Waals surface area contributed by atoms with Gasteiger partial charge in [-0.3, -0.25) is 19.5 Å². The van der Waals surface area contributed by atoms with Crippen molar-refractivity contribution in [2.45, 2.75) is 25.7 Å². The van der Waals surface area contributed by atoms with E-state index in [1.165, 1.54) is 0 Å². The van der Waals surface area contributed by atoms with Crippen LogP contribution < -0.4 is 11.2 Å². The van der Waals surface area contributed by atoms with Crippen molar-refractivity contribution >= 4 is 43.5 Å². The minimum absolute atomic E-state index is 0.180. The zero-order valence-electron chi connectivity index (χ0n) is 18.1. The largest absolute Gasteiger partial charge is 0.369 e. The quantitative estimate of drug-likeness (QED) is 0.170. The van der Waals surface area contributed by atoms with Gasteiger partial charge < -0.3 is 5.73 Å². The van der Waals surface area contributed by atoms with Gasteiger partial charge in [-0.05, 0) is 48.9 Å². The summed E-state index contributed by atoms with van der Waals surface area (Å²) in [6, 6.07) is 9.84. The highest BCUT2D eigenvalue weighted by Crippen LogP contribution is 2.36. The van der Waals surface area contributed by atoms with Crippen LogP contribution in [-0.4, -0.2) is 55.1 Å². The molecule has 0 amide bonds. The van der Waals surface area contributed by atoms with Gasteiger partial charge in [-0.25, -0.2) is 5.43 Å². The lowest BCUT2D eigenvalue weighted by Crippen LogP contribution is -2.29. The number of pyridine rings is 1. The zero-order valence-corrected chi connectivity index (χ0v) is 20.5. The second-order valence-electron chi connectivity index (χ2n) is 7.13. The van der Waals surface area contributed by atoms with Crippen LogP contribution in [0.25, 0.3) is 0 Å². The second kappa shape index (κ2) is 12.0. The highest BCUT2D eigenvalue weighted by atomic mass is 35.5. The first-order valence-corrected chi connectivity index (χ1v) is 13.3. The van der Waals surface area contributed by atoms with Crippen LogP contribution in [0.15, 0.2) is 41.6 Å². The first kappa shape index (κ1) is 28.5. The summed E-state index contributed by atoms with van der Waals surface area (Å²) in [7, 11) is -7.33. The van der Waals surface area contributed by atoms with Crippen molar-refractivity contribution in [1.29, 1.82) is 5.41 Å². The maximum atomic E-state index is 9.19. The molecule has 0 saturated carbocycles. The first-order valence-electron chi connectivity index (χ1n) is 9.27. The number of nitrogens with one attached hydrogen (secondary N) is 2. The molecule has 0 unspecified atom stereocenters. The maximum Gasteiger partial charge on any atom is 0.261 e. The Morgan fingerprint density at radius 3 is 2.21 bits per heavy atom. The van der Waals surface area contributed by atoms with E-state index in [9.17, 15) is 16.8 Å². The average Bonchev–Trinajstić information content (AvgIpc) is 2.63. The highest BCUT2D eigenvalue weighted by molar-refractivity contribution is 7.85. The SMILES string of the molecule is CS(=O)(=O)O.CS(=O)(=O)O.Cc1ccnc2c1/C(=N\NC(=N)N)C[C@@H](c1ccccc1Cl)C2. The molecule has 0 aliphatic heterocycles. The van der Waals surface area contributed by atoms with Crippen molar-refractivity contribution in [1.82, 2.24) is 10.4 Å². The third-order valence-electron chi connectivity index (χ3n) is 4.06. The van der Waals surface area contributed by atoms with E-state index >= 15 is 0 Å². The van der Waals surface area contributed by atoms with Crippen molar-refractivity contribution in [3.05, 3.63) is 63.9 Å². The molecule has 33 heavy (non-hydrogen) atoms. The lowest BCUT2D eigenvalue weighted by Gasteiger charge is -2.27. The number of fused-ring (bicyclic) bond motifs is 1. The van der Waals surface area contributed by atoms with E-state index in [0.717, 1.165) is 46.0 Å². The molecule has 1 atom stereocenters. The number of hydrazone groups is 1. The lowest BCUT2D eigenvalue weighted by atomic mass is 9.80. The van der Waals surface area contributed by atoms with Gasteiger partial charge in [0.05, 0.1) is 23.9 Å². The number of aryl methyl sites for hydroxylation is 1. The van der Waals surface area contributed by atoms with Crippen molar-refractivity contribution in [3.63, 3.8) is 0 Å². The fraction of sp³-hybridized carbons (Fsp3) is 0.316. The summed E-state index contributed by atoms with van der Waals surface area (Å²) in [5.74, 6) is 0.0264. The average molecular weight is 520 g/mol. The van der Waals surface area contributed by atoms with Crippen LogP contribution >= 0.6 is 11.6 Å². The predicted octanol–water partition coefficient (Wildman–Crippen LogP) is 1.97. The van der Waals surface area contributed by atoms with E-state index in [2.05, 4.69) is 15.5 Å². The summed E-state index contributed by atoms with van der Waals surface area (Å²) >= 11 is 6.36. The van der Waals surface area contributed by atoms with Gasteiger partial charge in [0, 0.05) is 16.8 Å². The summed E-state index contributed by atoms with van der Waals surface area (Å²) in [4.78, 5) is 4.53. The summed E-state index contributed by atoms with van der Waals surface area (Å²) in [6.45, 7) is 2.04. The molecule has 6 N–H and O–H groups in total. The summed E-state index contributed by atoms with van der Waals surface area (Å²) in [6.07, 6.45) is 4.79. The van der Waals surface area contributed by atoms with Crippen LogP contribution in [0.1, 0.15) is 34.7 Å². The van der Waals surface area contributed by atoms with Gasteiger partial charge in [0.15, 0.2) is 0 Å². The minimum atomic E-state index is -3.67. The second-order valence-corrected chi connectivity index (χ2v) is 10.5. The number of hydrogen-bond donors (Lipinski definition) is 5. The van der Waals surface area contributed by atoms with E-state index in [0.29, 0.717) is 12.5 Å². The number of nitrogens with zero attached hydrogens (tertiary/aromatic N) is 2. The molecule has 1 aromatic heterocycles. The van der Waals surface area contributed by atoms with E-state index < -0.39 is 20.2 Å². The molecular weight excluding hydrogens is 494 g/mol. The Balaban J connectivity index is 0.000000460. The van der Waals surface area contributed by atoms with Crippen molar-refractivity contribution < 1.29 is 25.9 Å². The molecule has 2 aromatic rings. The Morgan fingerprint density at radius 1 is 1.15 bits per heavy atom. The van der Waals surface area contributed by atoms with E-state index in [1.807, 2.05) is 43.5 Å². The monoisotopic (exact) mass is 519 g/mol. The van der Waals surface area contributed by atoms with Gasteiger partial charge in [-0.1, -0.05) is 29.8 Å². The van der Waals surface area contributed by atoms with Crippen LogP contribution in [-0.2, 0) is 26.7 Å². The number of hydrogen-bond acceptors (Lipinski definition) is 7.